The maximum atomic E-state index is 6.25. The summed E-state index contributed by atoms with van der Waals surface area (Å²) in [5.74, 6) is 0. The Hall–Kier alpha value is -5.60. The first kappa shape index (κ1) is 24.2. The largest absolute Gasteiger partial charge is 0.456 e. The molecule has 2 heteroatoms. The van der Waals surface area contributed by atoms with Crippen molar-refractivity contribution >= 4 is 49.8 Å². The number of furan rings is 1. The van der Waals surface area contributed by atoms with E-state index in [0.717, 1.165) is 39.0 Å². The number of benzene rings is 7. The number of nitrogens with zero attached hydrogens (tertiary/aromatic N) is 1. The lowest BCUT2D eigenvalue weighted by atomic mass is 9.91. The van der Waals surface area contributed by atoms with Crippen LogP contribution in [0.5, 0.6) is 0 Å². The summed E-state index contributed by atoms with van der Waals surface area (Å²) < 4.78 is 6.25. The fourth-order valence-electron chi connectivity index (χ4n) is 6.11. The van der Waals surface area contributed by atoms with Crippen molar-refractivity contribution in [2.24, 2.45) is 0 Å². The van der Waals surface area contributed by atoms with Crippen LogP contribution in [0.15, 0.2) is 168 Å². The van der Waals surface area contributed by atoms with E-state index < -0.39 is 0 Å². The number of hydrogen-bond donors (Lipinski definition) is 0. The molecule has 0 aliphatic rings. The van der Waals surface area contributed by atoms with Crippen molar-refractivity contribution < 1.29 is 4.42 Å². The van der Waals surface area contributed by atoms with Gasteiger partial charge in [-0.3, -0.25) is 0 Å². The molecule has 7 aromatic carbocycles. The van der Waals surface area contributed by atoms with Gasteiger partial charge in [0.15, 0.2) is 0 Å². The minimum Gasteiger partial charge on any atom is -0.456 e. The van der Waals surface area contributed by atoms with Gasteiger partial charge in [0.05, 0.1) is 0 Å². The van der Waals surface area contributed by atoms with Crippen molar-refractivity contribution in [1.29, 1.82) is 0 Å². The van der Waals surface area contributed by atoms with Crippen LogP contribution in [0.1, 0.15) is 0 Å². The summed E-state index contributed by atoms with van der Waals surface area (Å²) in [6.07, 6.45) is 0. The first-order valence-corrected chi connectivity index (χ1v) is 14.3. The highest BCUT2D eigenvalue weighted by Gasteiger charge is 2.16. The van der Waals surface area contributed by atoms with Gasteiger partial charge >= 0.3 is 0 Å². The quantitative estimate of drug-likeness (QED) is 0.217. The molecule has 0 spiro atoms. The number of hydrogen-bond acceptors (Lipinski definition) is 2. The molecule has 0 unspecified atom stereocenters. The number of anilines is 3. The average Bonchev–Trinajstić information content (AvgIpc) is 3.44. The topological polar surface area (TPSA) is 16.4 Å². The summed E-state index contributed by atoms with van der Waals surface area (Å²) in [5.41, 5.74) is 9.92. The average molecular weight is 538 g/mol. The maximum Gasteiger partial charge on any atom is 0.137 e. The Bertz CT molecular complexity index is 2170. The lowest BCUT2D eigenvalue weighted by molar-refractivity contribution is 0.669. The van der Waals surface area contributed by atoms with Gasteiger partial charge in [0.2, 0.25) is 0 Å². The summed E-state index contributed by atoms with van der Waals surface area (Å²) in [6.45, 7) is 0. The highest BCUT2D eigenvalue weighted by atomic mass is 16.3. The Balaban J connectivity index is 1.25. The zero-order valence-corrected chi connectivity index (χ0v) is 22.9. The Morgan fingerprint density at radius 2 is 0.952 bits per heavy atom. The summed E-state index contributed by atoms with van der Waals surface area (Å²) in [4.78, 5) is 2.29. The lowest BCUT2D eigenvalue weighted by Crippen LogP contribution is -2.09. The zero-order chi connectivity index (χ0) is 27.9. The molecule has 8 aromatic rings. The van der Waals surface area contributed by atoms with Gasteiger partial charge in [-0.15, -0.1) is 0 Å². The summed E-state index contributed by atoms with van der Waals surface area (Å²) >= 11 is 0. The van der Waals surface area contributed by atoms with E-state index in [4.69, 9.17) is 4.42 Å². The Morgan fingerprint density at radius 3 is 1.69 bits per heavy atom. The molecule has 0 aliphatic carbocycles. The van der Waals surface area contributed by atoms with Crippen molar-refractivity contribution in [3.63, 3.8) is 0 Å². The minimum absolute atomic E-state index is 0.885. The third-order valence-corrected chi connectivity index (χ3v) is 8.06. The molecule has 42 heavy (non-hydrogen) atoms. The summed E-state index contributed by atoms with van der Waals surface area (Å²) in [6, 6.07) is 57.9. The molecule has 0 amide bonds. The van der Waals surface area contributed by atoms with E-state index in [2.05, 4.69) is 157 Å². The predicted octanol–water partition coefficient (Wildman–Crippen LogP) is 11.5. The predicted molar refractivity (Wildman–Crippen MR) is 177 cm³/mol. The van der Waals surface area contributed by atoms with Crippen molar-refractivity contribution in [3.8, 4) is 22.3 Å². The van der Waals surface area contributed by atoms with Gasteiger partial charge in [-0.05, 0) is 75.5 Å². The van der Waals surface area contributed by atoms with E-state index in [0.29, 0.717) is 0 Å². The first-order chi connectivity index (χ1) is 20.8. The second-order valence-electron chi connectivity index (χ2n) is 10.6. The third-order valence-electron chi connectivity index (χ3n) is 8.06. The number of para-hydroxylation sites is 2. The molecule has 0 radical (unpaired) electrons. The Kier molecular flexibility index (Phi) is 5.82. The van der Waals surface area contributed by atoms with Crippen molar-refractivity contribution in [1.82, 2.24) is 0 Å². The minimum atomic E-state index is 0.885. The lowest BCUT2D eigenvalue weighted by Gasteiger charge is -2.25. The molecule has 2 nitrogen and oxygen atoms in total. The fraction of sp³-hybridized carbons (Fsp3) is 0. The van der Waals surface area contributed by atoms with Crippen molar-refractivity contribution in [2.75, 3.05) is 4.90 Å². The van der Waals surface area contributed by atoms with Gasteiger partial charge in [0.1, 0.15) is 11.2 Å². The Labute approximate surface area is 244 Å². The van der Waals surface area contributed by atoms with Gasteiger partial charge in [0, 0.05) is 33.9 Å². The van der Waals surface area contributed by atoms with Crippen LogP contribution in [0.3, 0.4) is 0 Å². The summed E-state index contributed by atoms with van der Waals surface area (Å²) in [7, 11) is 0. The van der Waals surface area contributed by atoms with E-state index in [1.54, 1.807) is 0 Å². The highest BCUT2D eigenvalue weighted by Crippen LogP contribution is 2.40. The molecule has 198 valence electrons. The number of rotatable bonds is 5. The standard InChI is InChI=1S/C40H27NO/c1-3-11-28(12-4-1)34-18-9-13-30-14-10-19-35(40(30)34)29-21-23-32(24-22-29)41(31-15-5-2-6-16-31)33-25-26-37-36-17-7-8-20-38(36)42-39(37)27-33/h1-27H. The third kappa shape index (κ3) is 4.13. The van der Waals surface area contributed by atoms with Crippen LogP contribution >= 0.6 is 0 Å². The van der Waals surface area contributed by atoms with Crippen LogP contribution in [-0.4, -0.2) is 0 Å². The van der Waals surface area contributed by atoms with Crippen LogP contribution in [0.2, 0.25) is 0 Å². The van der Waals surface area contributed by atoms with E-state index in [1.165, 1.54) is 33.0 Å². The van der Waals surface area contributed by atoms with E-state index in [9.17, 15) is 0 Å². The molecule has 1 heterocycles. The van der Waals surface area contributed by atoms with Gasteiger partial charge in [-0.2, -0.15) is 0 Å². The van der Waals surface area contributed by atoms with Crippen molar-refractivity contribution in [3.05, 3.63) is 164 Å². The van der Waals surface area contributed by atoms with Crippen LogP contribution < -0.4 is 4.90 Å². The molecule has 0 saturated carbocycles. The normalized spacial score (nSPS) is 11.3. The molecule has 1 aromatic heterocycles. The maximum absolute atomic E-state index is 6.25. The van der Waals surface area contributed by atoms with Gasteiger partial charge < -0.3 is 9.32 Å². The van der Waals surface area contributed by atoms with Gasteiger partial charge in [0.25, 0.3) is 0 Å². The SMILES string of the molecule is c1ccc(-c2cccc3cccc(-c4ccc(N(c5ccccc5)c5ccc6c(c5)oc5ccccc56)cc4)c23)cc1. The molecular formula is C40H27NO. The number of fused-ring (bicyclic) bond motifs is 4. The van der Waals surface area contributed by atoms with Gasteiger partial charge in [-0.1, -0.05) is 115 Å². The van der Waals surface area contributed by atoms with Crippen LogP contribution in [-0.2, 0) is 0 Å². The molecule has 0 bridgehead atoms. The van der Waals surface area contributed by atoms with Crippen LogP contribution in [0.4, 0.5) is 17.1 Å². The smallest absolute Gasteiger partial charge is 0.137 e. The molecular weight excluding hydrogens is 510 g/mol. The van der Waals surface area contributed by atoms with Crippen LogP contribution in [0.25, 0.3) is 55.0 Å². The van der Waals surface area contributed by atoms with E-state index in [1.807, 2.05) is 12.1 Å². The second-order valence-corrected chi connectivity index (χ2v) is 10.6. The molecule has 0 saturated heterocycles. The monoisotopic (exact) mass is 537 g/mol. The van der Waals surface area contributed by atoms with Crippen molar-refractivity contribution in [2.45, 2.75) is 0 Å². The summed E-state index contributed by atoms with van der Waals surface area (Å²) in [5, 5.41) is 4.78. The molecule has 0 atom stereocenters. The fourth-order valence-corrected chi connectivity index (χ4v) is 6.11. The molecule has 0 aliphatic heterocycles. The Morgan fingerprint density at radius 1 is 0.381 bits per heavy atom. The van der Waals surface area contributed by atoms with Crippen LogP contribution in [0, 0.1) is 0 Å². The van der Waals surface area contributed by atoms with E-state index in [-0.39, 0.29) is 0 Å². The highest BCUT2D eigenvalue weighted by molar-refractivity contribution is 6.07. The molecule has 8 rings (SSSR count). The van der Waals surface area contributed by atoms with Gasteiger partial charge in [-0.25, -0.2) is 0 Å². The molecule has 0 fully saturated rings. The molecule has 0 N–H and O–H groups in total. The zero-order valence-electron chi connectivity index (χ0n) is 22.9. The second kappa shape index (κ2) is 10.1. The first-order valence-electron chi connectivity index (χ1n) is 14.3. The van der Waals surface area contributed by atoms with E-state index >= 15 is 0 Å².